The van der Waals surface area contributed by atoms with Crippen molar-refractivity contribution in [2.75, 3.05) is 17.7 Å². The predicted octanol–water partition coefficient (Wildman–Crippen LogP) is 4.14. The number of hydrogen-bond donors (Lipinski definition) is 2. The van der Waals surface area contributed by atoms with E-state index in [1.54, 1.807) is 7.11 Å². The Morgan fingerprint density at radius 1 is 1.14 bits per heavy atom. The highest BCUT2D eigenvalue weighted by Crippen LogP contribution is 2.29. The van der Waals surface area contributed by atoms with Crippen molar-refractivity contribution >= 4 is 17.3 Å². The van der Waals surface area contributed by atoms with E-state index in [2.05, 4.69) is 30.5 Å². The van der Waals surface area contributed by atoms with E-state index in [4.69, 9.17) is 4.74 Å². The number of anilines is 2. The minimum absolute atomic E-state index is 0.0782. The highest BCUT2D eigenvalue weighted by molar-refractivity contribution is 5.89. The molecule has 0 radical (unpaired) electrons. The Kier molecular flexibility index (Phi) is 5.04. The van der Waals surface area contributed by atoms with Crippen molar-refractivity contribution in [1.82, 2.24) is 0 Å². The standard InChI is InChI=1S/C18H22N2O2/c1-12-8-9-18(22-4)17(10-12)13(2)19-15-6-5-7-16(11-15)20-14(3)21/h5-11,13,19H,1-4H3,(H,20,21). The minimum Gasteiger partial charge on any atom is -0.496 e. The van der Waals surface area contributed by atoms with Crippen LogP contribution in [0.1, 0.15) is 31.0 Å². The summed E-state index contributed by atoms with van der Waals surface area (Å²) in [5.74, 6) is 0.786. The Bertz CT molecular complexity index is 668. The van der Waals surface area contributed by atoms with Crippen molar-refractivity contribution in [2.45, 2.75) is 26.8 Å². The molecular weight excluding hydrogens is 276 g/mol. The van der Waals surface area contributed by atoms with Gasteiger partial charge in [-0.25, -0.2) is 0 Å². The fourth-order valence-electron chi connectivity index (χ4n) is 2.41. The first-order valence-corrected chi connectivity index (χ1v) is 7.28. The van der Waals surface area contributed by atoms with Crippen molar-refractivity contribution in [3.63, 3.8) is 0 Å². The topological polar surface area (TPSA) is 50.4 Å². The van der Waals surface area contributed by atoms with Crippen LogP contribution in [0.15, 0.2) is 42.5 Å². The average molecular weight is 298 g/mol. The number of carbonyl (C=O) groups is 1. The molecule has 1 amide bonds. The van der Waals surface area contributed by atoms with Gasteiger partial charge in [-0.15, -0.1) is 0 Å². The number of amides is 1. The summed E-state index contributed by atoms with van der Waals surface area (Å²) in [5, 5.41) is 6.23. The SMILES string of the molecule is COc1ccc(C)cc1C(C)Nc1cccc(NC(C)=O)c1. The van der Waals surface area contributed by atoms with Gasteiger partial charge in [-0.1, -0.05) is 23.8 Å². The van der Waals surface area contributed by atoms with Gasteiger partial charge in [0, 0.05) is 23.9 Å². The molecule has 0 aliphatic carbocycles. The van der Waals surface area contributed by atoms with Gasteiger partial charge in [0.2, 0.25) is 5.91 Å². The number of carbonyl (C=O) groups excluding carboxylic acids is 1. The smallest absolute Gasteiger partial charge is 0.221 e. The molecule has 4 nitrogen and oxygen atoms in total. The van der Waals surface area contributed by atoms with E-state index in [0.29, 0.717) is 0 Å². The molecule has 0 spiro atoms. The maximum Gasteiger partial charge on any atom is 0.221 e. The van der Waals surface area contributed by atoms with Crippen LogP contribution in [0.3, 0.4) is 0 Å². The van der Waals surface area contributed by atoms with Crippen LogP contribution in [-0.4, -0.2) is 13.0 Å². The molecule has 0 aromatic heterocycles. The molecule has 1 atom stereocenters. The second kappa shape index (κ2) is 6.98. The van der Waals surface area contributed by atoms with Crippen molar-refractivity contribution < 1.29 is 9.53 Å². The Balaban J connectivity index is 2.20. The zero-order valence-electron chi connectivity index (χ0n) is 13.4. The molecule has 4 heteroatoms. The molecule has 2 aromatic rings. The van der Waals surface area contributed by atoms with Crippen LogP contribution in [0.5, 0.6) is 5.75 Å². The lowest BCUT2D eigenvalue weighted by Crippen LogP contribution is -2.10. The van der Waals surface area contributed by atoms with Crippen LogP contribution in [0.25, 0.3) is 0 Å². The molecular formula is C18H22N2O2. The molecule has 116 valence electrons. The number of aryl methyl sites for hydroxylation is 1. The van der Waals surface area contributed by atoms with Gasteiger partial charge in [0.15, 0.2) is 0 Å². The number of hydrogen-bond acceptors (Lipinski definition) is 3. The van der Waals surface area contributed by atoms with Gasteiger partial charge in [-0.2, -0.15) is 0 Å². The molecule has 0 heterocycles. The number of benzene rings is 2. The number of methoxy groups -OCH3 is 1. The van der Waals surface area contributed by atoms with E-state index in [9.17, 15) is 4.79 Å². The Labute approximate surface area is 131 Å². The first-order valence-electron chi connectivity index (χ1n) is 7.28. The molecule has 0 aliphatic heterocycles. The van der Waals surface area contributed by atoms with Crippen molar-refractivity contribution in [3.05, 3.63) is 53.6 Å². The molecule has 2 N–H and O–H groups in total. The molecule has 2 rings (SSSR count). The van der Waals surface area contributed by atoms with Gasteiger partial charge in [0.05, 0.1) is 13.2 Å². The molecule has 1 unspecified atom stereocenters. The van der Waals surface area contributed by atoms with Crippen LogP contribution in [0.4, 0.5) is 11.4 Å². The summed E-state index contributed by atoms with van der Waals surface area (Å²) in [7, 11) is 1.68. The average Bonchev–Trinajstić information content (AvgIpc) is 2.46. The normalized spacial score (nSPS) is 11.6. The highest BCUT2D eigenvalue weighted by Gasteiger charge is 2.12. The van der Waals surface area contributed by atoms with E-state index in [1.165, 1.54) is 12.5 Å². The molecule has 0 saturated heterocycles. The lowest BCUT2D eigenvalue weighted by atomic mass is 10.0. The van der Waals surface area contributed by atoms with Crippen LogP contribution >= 0.6 is 0 Å². The Hall–Kier alpha value is -2.49. The van der Waals surface area contributed by atoms with Crippen molar-refractivity contribution in [1.29, 1.82) is 0 Å². The van der Waals surface area contributed by atoms with Gasteiger partial charge in [-0.05, 0) is 38.1 Å². The van der Waals surface area contributed by atoms with E-state index in [1.807, 2.05) is 36.4 Å². The quantitative estimate of drug-likeness (QED) is 0.872. The molecule has 0 fully saturated rings. The van der Waals surface area contributed by atoms with Gasteiger partial charge in [-0.3, -0.25) is 4.79 Å². The number of nitrogens with one attached hydrogen (secondary N) is 2. The Morgan fingerprint density at radius 2 is 1.86 bits per heavy atom. The summed E-state index contributed by atoms with van der Waals surface area (Å²) < 4.78 is 5.44. The summed E-state index contributed by atoms with van der Waals surface area (Å²) in [4.78, 5) is 11.1. The van der Waals surface area contributed by atoms with Crippen LogP contribution in [0.2, 0.25) is 0 Å². The lowest BCUT2D eigenvalue weighted by molar-refractivity contribution is -0.114. The summed E-state index contributed by atoms with van der Waals surface area (Å²) in [5.41, 5.74) is 4.02. The van der Waals surface area contributed by atoms with Crippen LogP contribution in [0, 0.1) is 6.92 Å². The maximum absolute atomic E-state index is 11.1. The first kappa shape index (κ1) is 15.9. The fourth-order valence-corrected chi connectivity index (χ4v) is 2.41. The molecule has 22 heavy (non-hydrogen) atoms. The zero-order valence-corrected chi connectivity index (χ0v) is 13.4. The van der Waals surface area contributed by atoms with E-state index in [0.717, 1.165) is 22.7 Å². The van der Waals surface area contributed by atoms with Gasteiger partial charge >= 0.3 is 0 Å². The molecule has 0 saturated carbocycles. The third-order valence-corrected chi connectivity index (χ3v) is 3.42. The number of rotatable bonds is 5. The molecule has 0 bridgehead atoms. The lowest BCUT2D eigenvalue weighted by Gasteiger charge is -2.19. The van der Waals surface area contributed by atoms with Gasteiger partial charge in [0.25, 0.3) is 0 Å². The second-order valence-corrected chi connectivity index (χ2v) is 5.37. The molecule has 0 aliphatic rings. The van der Waals surface area contributed by atoms with Crippen LogP contribution < -0.4 is 15.4 Å². The van der Waals surface area contributed by atoms with E-state index >= 15 is 0 Å². The van der Waals surface area contributed by atoms with Crippen LogP contribution in [-0.2, 0) is 4.79 Å². The van der Waals surface area contributed by atoms with E-state index < -0.39 is 0 Å². The largest absolute Gasteiger partial charge is 0.496 e. The highest BCUT2D eigenvalue weighted by atomic mass is 16.5. The van der Waals surface area contributed by atoms with Crippen molar-refractivity contribution in [2.24, 2.45) is 0 Å². The van der Waals surface area contributed by atoms with Gasteiger partial charge < -0.3 is 15.4 Å². The predicted molar refractivity (Wildman–Crippen MR) is 90.5 cm³/mol. The fraction of sp³-hybridized carbons (Fsp3) is 0.278. The first-order chi connectivity index (χ1) is 10.5. The van der Waals surface area contributed by atoms with Gasteiger partial charge in [0.1, 0.15) is 5.75 Å². The summed E-state index contributed by atoms with van der Waals surface area (Å²) in [6.45, 7) is 5.65. The third-order valence-electron chi connectivity index (χ3n) is 3.42. The molecule has 2 aromatic carbocycles. The Morgan fingerprint density at radius 3 is 2.55 bits per heavy atom. The summed E-state index contributed by atoms with van der Waals surface area (Å²) in [6.07, 6.45) is 0. The third kappa shape index (κ3) is 4.01. The minimum atomic E-state index is -0.0782. The number of ether oxygens (including phenoxy) is 1. The summed E-state index contributed by atoms with van der Waals surface area (Å²) in [6, 6.07) is 13.9. The monoisotopic (exact) mass is 298 g/mol. The zero-order chi connectivity index (χ0) is 16.1. The van der Waals surface area contributed by atoms with Crippen molar-refractivity contribution in [3.8, 4) is 5.75 Å². The second-order valence-electron chi connectivity index (χ2n) is 5.37. The maximum atomic E-state index is 11.1. The summed E-state index contributed by atoms with van der Waals surface area (Å²) >= 11 is 0. The van der Waals surface area contributed by atoms with E-state index in [-0.39, 0.29) is 11.9 Å².